The van der Waals surface area contributed by atoms with Crippen LogP contribution >= 0.6 is 0 Å². The second-order valence-corrected chi connectivity index (χ2v) is 6.50. The van der Waals surface area contributed by atoms with Crippen molar-refractivity contribution in [1.29, 1.82) is 0 Å². The van der Waals surface area contributed by atoms with Crippen LogP contribution in [-0.4, -0.2) is 37.5 Å². The molecule has 28 heavy (non-hydrogen) atoms. The Kier molecular flexibility index (Phi) is 5.79. The number of rotatable bonds is 6. The molecule has 0 radical (unpaired) electrons. The lowest BCUT2D eigenvalue weighted by atomic mass is 10.1. The lowest BCUT2D eigenvalue weighted by molar-refractivity contribution is -0.133. The number of fused-ring (bicyclic) bond motifs is 1. The van der Waals surface area contributed by atoms with E-state index in [9.17, 15) is 9.59 Å². The predicted molar refractivity (Wildman–Crippen MR) is 108 cm³/mol. The van der Waals surface area contributed by atoms with E-state index in [-0.39, 0.29) is 12.5 Å². The smallest absolute Gasteiger partial charge is 0.338 e. The van der Waals surface area contributed by atoms with Gasteiger partial charge in [0, 0.05) is 19.3 Å². The number of hydrogen-bond acceptors (Lipinski definition) is 5. The molecule has 3 aromatic carbocycles. The Hall–Kier alpha value is -3.54. The van der Waals surface area contributed by atoms with Gasteiger partial charge in [-0.3, -0.25) is 4.79 Å². The first-order valence-corrected chi connectivity index (χ1v) is 8.79. The molecule has 0 heterocycles. The molecule has 0 saturated carbocycles. The lowest BCUT2D eigenvalue weighted by Crippen LogP contribution is -2.30. The molecule has 6 nitrogen and oxygen atoms in total. The topological polar surface area (TPSA) is 81.9 Å². The molecular weight excluding hydrogens is 356 g/mol. The molecule has 1 amide bonds. The van der Waals surface area contributed by atoms with Crippen molar-refractivity contribution in [2.45, 2.75) is 6.54 Å². The fourth-order valence-corrected chi connectivity index (χ4v) is 2.80. The maximum absolute atomic E-state index is 12.3. The Labute approximate surface area is 163 Å². The predicted octanol–water partition coefficient (Wildman–Crippen LogP) is 3.25. The lowest BCUT2D eigenvalue weighted by Gasteiger charge is -2.17. The number of ether oxygens (including phenoxy) is 2. The highest BCUT2D eigenvalue weighted by Gasteiger charge is 2.14. The first kappa shape index (κ1) is 19.2. The highest BCUT2D eigenvalue weighted by molar-refractivity contribution is 5.91. The first-order chi connectivity index (χ1) is 13.5. The molecule has 0 fully saturated rings. The number of likely N-dealkylation sites (N-methyl/N-ethyl adjacent to an activating group) is 1. The van der Waals surface area contributed by atoms with Gasteiger partial charge in [0.2, 0.25) is 0 Å². The summed E-state index contributed by atoms with van der Waals surface area (Å²) in [6.45, 7) is 0.102. The van der Waals surface area contributed by atoms with E-state index in [2.05, 4.69) is 0 Å². The van der Waals surface area contributed by atoms with Gasteiger partial charge in [-0.15, -0.1) is 0 Å². The number of anilines is 1. The van der Waals surface area contributed by atoms with Crippen molar-refractivity contribution in [1.82, 2.24) is 4.90 Å². The zero-order valence-electron chi connectivity index (χ0n) is 15.8. The minimum atomic E-state index is -0.554. The average Bonchev–Trinajstić information content (AvgIpc) is 2.71. The van der Waals surface area contributed by atoms with Gasteiger partial charge in [0.05, 0.1) is 12.7 Å². The Morgan fingerprint density at radius 2 is 1.64 bits per heavy atom. The van der Waals surface area contributed by atoms with Crippen LogP contribution in [0, 0.1) is 0 Å². The Morgan fingerprint density at radius 3 is 2.36 bits per heavy atom. The number of esters is 1. The third kappa shape index (κ3) is 4.59. The van der Waals surface area contributed by atoms with E-state index in [1.165, 1.54) is 4.90 Å². The van der Waals surface area contributed by atoms with E-state index in [4.69, 9.17) is 15.2 Å². The molecule has 0 bridgehead atoms. The monoisotopic (exact) mass is 378 g/mol. The molecule has 0 aromatic heterocycles. The second-order valence-electron chi connectivity index (χ2n) is 6.50. The zero-order chi connectivity index (χ0) is 20.1. The highest BCUT2D eigenvalue weighted by Crippen LogP contribution is 2.22. The van der Waals surface area contributed by atoms with E-state index in [1.54, 1.807) is 38.4 Å². The highest BCUT2D eigenvalue weighted by atomic mass is 16.5. The Balaban J connectivity index is 1.58. The van der Waals surface area contributed by atoms with Crippen LogP contribution in [0.15, 0.2) is 60.7 Å². The van der Waals surface area contributed by atoms with Crippen molar-refractivity contribution in [2.75, 3.05) is 26.5 Å². The van der Waals surface area contributed by atoms with E-state index in [0.29, 0.717) is 17.8 Å². The number of carbonyl (C=O) groups is 2. The summed E-state index contributed by atoms with van der Waals surface area (Å²) in [4.78, 5) is 25.8. The molecule has 6 heteroatoms. The summed E-state index contributed by atoms with van der Waals surface area (Å²) in [7, 11) is 3.31. The van der Waals surface area contributed by atoms with Gasteiger partial charge in [0.25, 0.3) is 5.91 Å². The molecule has 3 rings (SSSR count). The normalized spacial score (nSPS) is 10.5. The van der Waals surface area contributed by atoms with Gasteiger partial charge in [-0.05, 0) is 58.8 Å². The minimum absolute atomic E-state index is 0.279. The molecule has 0 spiro atoms. The van der Waals surface area contributed by atoms with Gasteiger partial charge >= 0.3 is 5.97 Å². The number of carbonyl (C=O) groups excluding carboxylic acids is 2. The van der Waals surface area contributed by atoms with Gasteiger partial charge in [-0.25, -0.2) is 4.79 Å². The number of nitrogen functional groups attached to an aromatic ring is 1. The van der Waals surface area contributed by atoms with E-state index in [1.807, 2.05) is 36.4 Å². The maximum atomic E-state index is 12.3. The molecule has 3 aromatic rings. The van der Waals surface area contributed by atoms with Crippen molar-refractivity contribution in [3.05, 3.63) is 71.8 Å². The quantitative estimate of drug-likeness (QED) is 0.526. The first-order valence-electron chi connectivity index (χ1n) is 8.79. The second kappa shape index (κ2) is 8.43. The summed E-state index contributed by atoms with van der Waals surface area (Å²) >= 11 is 0. The molecule has 0 aliphatic heterocycles. The fraction of sp³-hybridized carbons (Fsp3) is 0.182. The van der Waals surface area contributed by atoms with Crippen molar-refractivity contribution in [2.24, 2.45) is 0 Å². The molecule has 0 atom stereocenters. The third-order valence-electron chi connectivity index (χ3n) is 4.43. The molecule has 144 valence electrons. The largest absolute Gasteiger partial charge is 0.497 e. The molecule has 2 N–H and O–H groups in total. The SMILES string of the molecule is COc1ccc2cc(CN(C)C(=O)COC(=O)c3ccc(N)cc3)ccc2c1. The number of methoxy groups -OCH3 is 1. The maximum Gasteiger partial charge on any atom is 0.338 e. The third-order valence-corrected chi connectivity index (χ3v) is 4.43. The number of amides is 1. The van der Waals surface area contributed by atoms with Gasteiger partial charge in [0.1, 0.15) is 5.75 Å². The van der Waals surface area contributed by atoms with Crippen LogP contribution in [0.25, 0.3) is 10.8 Å². The minimum Gasteiger partial charge on any atom is -0.497 e. The van der Waals surface area contributed by atoms with E-state index >= 15 is 0 Å². The van der Waals surface area contributed by atoms with Crippen LogP contribution in [0.4, 0.5) is 5.69 Å². The number of nitrogens with two attached hydrogens (primary N) is 1. The van der Waals surface area contributed by atoms with Crippen molar-refractivity contribution in [3.63, 3.8) is 0 Å². The molecule has 0 aliphatic rings. The summed E-state index contributed by atoms with van der Waals surface area (Å²) in [5.41, 5.74) is 7.49. The molecule has 0 aliphatic carbocycles. The van der Waals surface area contributed by atoms with E-state index in [0.717, 1.165) is 22.1 Å². The van der Waals surface area contributed by atoms with E-state index < -0.39 is 5.97 Å². The van der Waals surface area contributed by atoms with Crippen LogP contribution < -0.4 is 10.5 Å². The average molecular weight is 378 g/mol. The number of nitrogens with zero attached hydrogens (tertiary/aromatic N) is 1. The number of hydrogen-bond donors (Lipinski definition) is 1. The summed E-state index contributed by atoms with van der Waals surface area (Å²) < 4.78 is 10.3. The van der Waals surface area contributed by atoms with Crippen LogP contribution in [0.2, 0.25) is 0 Å². The fourth-order valence-electron chi connectivity index (χ4n) is 2.80. The summed E-state index contributed by atoms with van der Waals surface area (Å²) in [6, 6.07) is 18.2. The van der Waals surface area contributed by atoms with Gasteiger partial charge < -0.3 is 20.1 Å². The van der Waals surface area contributed by atoms with Gasteiger partial charge in [-0.1, -0.05) is 18.2 Å². The van der Waals surface area contributed by atoms with Gasteiger partial charge in [0.15, 0.2) is 6.61 Å². The van der Waals surface area contributed by atoms with Crippen molar-refractivity contribution >= 4 is 28.3 Å². The van der Waals surface area contributed by atoms with Crippen molar-refractivity contribution < 1.29 is 19.1 Å². The van der Waals surface area contributed by atoms with Crippen LogP contribution in [-0.2, 0) is 16.1 Å². The van der Waals surface area contributed by atoms with Crippen LogP contribution in [0.5, 0.6) is 5.75 Å². The summed E-state index contributed by atoms with van der Waals surface area (Å²) in [5, 5.41) is 2.13. The summed E-state index contributed by atoms with van der Waals surface area (Å²) in [6.07, 6.45) is 0. The summed E-state index contributed by atoms with van der Waals surface area (Å²) in [5.74, 6) is -0.0320. The Morgan fingerprint density at radius 1 is 0.964 bits per heavy atom. The molecule has 0 unspecified atom stereocenters. The van der Waals surface area contributed by atoms with Crippen LogP contribution in [0.3, 0.4) is 0 Å². The van der Waals surface area contributed by atoms with Gasteiger partial charge in [-0.2, -0.15) is 0 Å². The van der Waals surface area contributed by atoms with Crippen molar-refractivity contribution in [3.8, 4) is 5.75 Å². The molecular formula is C22H22N2O4. The standard InChI is InChI=1S/C22H22N2O4/c1-24(21(25)14-28-22(26)16-5-8-19(23)9-6-16)13-15-3-4-18-12-20(27-2)10-7-17(18)11-15/h3-12H,13-14,23H2,1-2H3. The molecule has 0 saturated heterocycles. The Bertz CT molecular complexity index is 999. The van der Waals surface area contributed by atoms with Crippen LogP contribution in [0.1, 0.15) is 15.9 Å². The zero-order valence-corrected chi connectivity index (χ0v) is 15.8. The number of benzene rings is 3.